The van der Waals surface area contributed by atoms with Crippen molar-refractivity contribution in [1.82, 2.24) is 20.2 Å². The lowest BCUT2D eigenvalue weighted by Gasteiger charge is -2.33. The number of anilines is 1. The normalized spacial score (nSPS) is 19.9. The number of thiophene rings is 1. The first-order chi connectivity index (χ1) is 16.4. The highest BCUT2D eigenvalue weighted by molar-refractivity contribution is 7.08. The number of aliphatic carboxylic acids is 1. The van der Waals surface area contributed by atoms with Crippen molar-refractivity contribution < 1.29 is 41.0 Å². The van der Waals surface area contributed by atoms with Crippen LogP contribution in [0.3, 0.4) is 0 Å². The summed E-state index contributed by atoms with van der Waals surface area (Å²) in [5.74, 6) is -2.66. The van der Waals surface area contributed by atoms with E-state index in [1.165, 1.54) is 0 Å². The van der Waals surface area contributed by atoms with Crippen molar-refractivity contribution in [3.05, 3.63) is 46.0 Å². The molecule has 35 heavy (non-hydrogen) atoms. The Labute approximate surface area is 197 Å². The van der Waals surface area contributed by atoms with Gasteiger partial charge in [-0.3, -0.25) is 5.10 Å². The number of nitrogens with one attached hydrogen (secondary N) is 1. The van der Waals surface area contributed by atoms with E-state index in [1.807, 2.05) is 16.8 Å². The highest BCUT2D eigenvalue weighted by atomic mass is 32.1. The fourth-order valence-electron chi connectivity index (χ4n) is 4.03. The molecule has 188 valence electrons. The number of rotatable bonds is 2. The molecular formula is C20H17F6N5O3S. The third-order valence-electron chi connectivity index (χ3n) is 5.63. The molecule has 5 heterocycles. The molecular weight excluding hydrogens is 504 g/mol. The molecule has 5 rings (SSSR count). The number of ether oxygens (including phenoxy) is 1. The molecule has 8 nitrogen and oxygen atoms in total. The SMILES string of the molecule is FC(F)(F)c1ccnc(N2CCC3(COCc4c(-c5ccsc5)n[nH]c43)C2)n1.O=C(O)C(F)(F)F. The van der Waals surface area contributed by atoms with E-state index in [9.17, 15) is 26.3 Å². The van der Waals surface area contributed by atoms with E-state index < -0.39 is 24.0 Å². The predicted octanol–water partition coefficient (Wildman–Crippen LogP) is 4.26. The summed E-state index contributed by atoms with van der Waals surface area (Å²) in [5, 5.41) is 18.8. The van der Waals surface area contributed by atoms with Crippen LogP contribution >= 0.6 is 11.3 Å². The minimum absolute atomic E-state index is 0.0939. The molecule has 0 radical (unpaired) electrons. The maximum Gasteiger partial charge on any atom is 0.490 e. The lowest BCUT2D eigenvalue weighted by Crippen LogP contribution is -2.40. The Hall–Kier alpha value is -3.20. The second-order valence-electron chi connectivity index (χ2n) is 7.93. The van der Waals surface area contributed by atoms with E-state index in [2.05, 4.69) is 20.2 Å². The largest absolute Gasteiger partial charge is 0.490 e. The lowest BCUT2D eigenvalue weighted by atomic mass is 9.80. The van der Waals surface area contributed by atoms with Crippen LogP contribution in [-0.4, -0.2) is 57.1 Å². The zero-order valence-corrected chi connectivity index (χ0v) is 18.5. The van der Waals surface area contributed by atoms with E-state index >= 15 is 0 Å². The molecule has 0 saturated carbocycles. The van der Waals surface area contributed by atoms with Gasteiger partial charge in [0, 0.05) is 35.8 Å². The van der Waals surface area contributed by atoms with Gasteiger partial charge in [-0.05, 0) is 23.9 Å². The number of aromatic amines is 1. The second-order valence-corrected chi connectivity index (χ2v) is 8.71. The summed E-state index contributed by atoms with van der Waals surface area (Å²) in [5.41, 5.74) is 2.67. The first-order valence-corrected chi connectivity index (χ1v) is 11.0. The van der Waals surface area contributed by atoms with Crippen LogP contribution in [0.2, 0.25) is 0 Å². The average molecular weight is 521 g/mol. The van der Waals surface area contributed by atoms with Crippen molar-refractivity contribution in [1.29, 1.82) is 0 Å². The molecule has 3 aromatic heterocycles. The van der Waals surface area contributed by atoms with Gasteiger partial charge in [-0.1, -0.05) is 0 Å². The number of hydrogen-bond acceptors (Lipinski definition) is 7. The molecule has 1 unspecified atom stereocenters. The summed E-state index contributed by atoms with van der Waals surface area (Å²) in [4.78, 5) is 18.5. The van der Waals surface area contributed by atoms with Crippen molar-refractivity contribution in [3.63, 3.8) is 0 Å². The third kappa shape index (κ3) is 5.10. The quantitative estimate of drug-likeness (QED) is 0.486. The minimum atomic E-state index is -5.08. The van der Waals surface area contributed by atoms with Gasteiger partial charge in [-0.15, -0.1) is 0 Å². The predicted molar refractivity (Wildman–Crippen MR) is 111 cm³/mol. The van der Waals surface area contributed by atoms with E-state index in [4.69, 9.17) is 14.6 Å². The number of carboxylic acids is 1. The van der Waals surface area contributed by atoms with Gasteiger partial charge in [0.2, 0.25) is 5.95 Å². The Balaban J connectivity index is 0.000000364. The molecule has 15 heteroatoms. The van der Waals surface area contributed by atoms with E-state index in [1.54, 1.807) is 16.2 Å². The van der Waals surface area contributed by atoms with Crippen LogP contribution in [0, 0.1) is 0 Å². The van der Waals surface area contributed by atoms with Gasteiger partial charge in [0.25, 0.3) is 0 Å². The second kappa shape index (κ2) is 9.11. The molecule has 0 aromatic carbocycles. The van der Waals surface area contributed by atoms with Gasteiger partial charge in [-0.2, -0.15) is 42.8 Å². The molecule has 0 aliphatic carbocycles. The molecule has 1 fully saturated rings. The maximum atomic E-state index is 13.0. The fraction of sp³-hybridized carbons (Fsp3) is 0.400. The van der Waals surface area contributed by atoms with E-state index in [-0.39, 0.29) is 11.4 Å². The Kier molecular flexibility index (Phi) is 6.48. The van der Waals surface area contributed by atoms with Crippen molar-refractivity contribution in [2.45, 2.75) is 30.8 Å². The van der Waals surface area contributed by atoms with E-state index in [0.717, 1.165) is 41.2 Å². The fourth-order valence-corrected chi connectivity index (χ4v) is 4.67. The summed E-state index contributed by atoms with van der Waals surface area (Å²) >= 11 is 1.60. The summed E-state index contributed by atoms with van der Waals surface area (Å²) in [7, 11) is 0. The Morgan fingerprint density at radius 3 is 2.60 bits per heavy atom. The zero-order chi connectivity index (χ0) is 25.4. The first-order valence-electron chi connectivity index (χ1n) is 10.0. The van der Waals surface area contributed by atoms with Gasteiger partial charge in [0.1, 0.15) is 5.69 Å². The van der Waals surface area contributed by atoms with Crippen molar-refractivity contribution >= 4 is 23.3 Å². The highest BCUT2D eigenvalue weighted by Gasteiger charge is 2.47. The molecule has 2 aliphatic rings. The van der Waals surface area contributed by atoms with Crippen LogP contribution in [0.25, 0.3) is 11.3 Å². The Bertz CT molecular complexity index is 1200. The number of alkyl halides is 6. The molecule has 1 spiro atoms. The van der Waals surface area contributed by atoms with Crippen LogP contribution in [0.5, 0.6) is 0 Å². The molecule has 1 atom stereocenters. The van der Waals surface area contributed by atoms with Gasteiger partial charge >= 0.3 is 18.3 Å². The van der Waals surface area contributed by atoms with Gasteiger partial charge in [-0.25, -0.2) is 14.8 Å². The number of nitrogens with zero attached hydrogens (tertiary/aromatic N) is 4. The Morgan fingerprint density at radius 1 is 1.23 bits per heavy atom. The van der Waals surface area contributed by atoms with E-state index in [0.29, 0.717) is 26.3 Å². The van der Waals surface area contributed by atoms with Crippen LogP contribution < -0.4 is 4.90 Å². The van der Waals surface area contributed by atoms with Crippen LogP contribution in [-0.2, 0) is 27.7 Å². The number of hydrogen-bond donors (Lipinski definition) is 2. The number of fused-ring (bicyclic) bond motifs is 2. The lowest BCUT2D eigenvalue weighted by molar-refractivity contribution is -0.192. The Morgan fingerprint density at radius 2 is 1.97 bits per heavy atom. The third-order valence-corrected chi connectivity index (χ3v) is 6.31. The number of carboxylic acid groups (broad SMARTS) is 1. The first kappa shape index (κ1) is 24.9. The zero-order valence-electron chi connectivity index (χ0n) is 17.7. The summed E-state index contributed by atoms with van der Waals surface area (Å²) in [6, 6.07) is 2.90. The average Bonchev–Trinajstić information content (AvgIpc) is 3.53. The summed E-state index contributed by atoms with van der Waals surface area (Å²) < 4.78 is 76.6. The molecule has 0 amide bonds. The standard InChI is InChI=1S/C18H16F3N5OS.C2HF3O2/c19-18(20,21)13-1-4-22-16(23-13)26-5-3-17(9-26)10-27-7-12-14(24-25-15(12)17)11-2-6-28-8-11;3-2(4,5)1(6)7/h1-2,4,6,8H,3,5,7,9-10H2,(H,24,25);(H,6,7). The highest BCUT2D eigenvalue weighted by Crippen LogP contribution is 2.43. The smallest absolute Gasteiger partial charge is 0.475 e. The van der Waals surface area contributed by atoms with Gasteiger partial charge in [0.05, 0.1) is 30.0 Å². The number of H-pyrrole nitrogens is 1. The molecule has 1 saturated heterocycles. The van der Waals surface area contributed by atoms with Crippen molar-refractivity contribution in [3.8, 4) is 11.3 Å². The monoisotopic (exact) mass is 521 g/mol. The number of carbonyl (C=O) groups is 1. The van der Waals surface area contributed by atoms with Gasteiger partial charge in [0.15, 0.2) is 0 Å². The van der Waals surface area contributed by atoms with Crippen LogP contribution in [0.1, 0.15) is 23.4 Å². The summed E-state index contributed by atoms with van der Waals surface area (Å²) in [6.45, 7) is 1.99. The number of aromatic nitrogens is 4. The minimum Gasteiger partial charge on any atom is -0.475 e. The maximum absolute atomic E-state index is 13.0. The van der Waals surface area contributed by atoms with Gasteiger partial charge < -0.3 is 14.7 Å². The topological polar surface area (TPSA) is 104 Å². The van der Waals surface area contributed by atoms with Crippen molar-refractivity contribution in [2.75, 3.05) is 24.6 Å². The molecule has 2 N–H and O–H groups in total. The molecule has 0 bridgehead atoms. The summed E-state index contributed by atoms with van der Waals surface area (Å²) in [6.07, 6.45) is -7.69. The molecule has 2 aliphatic heterocycles. The number of halogens is 6. The van der Waals surface area contributed by atoms with Crippen LogP contribution in [0.4, 0.5) is 32.3 Å². The van der Waals surface area contributed by atoms with Crippen LogP contribution in [0.15, 0.2) is 29.1 Å². The van der Waals surface area contributed by atoms with Crippen molar-refractivity contribution in [2.24, 2.45) is 0 Å². The molecule has 3 aromatic rings.